The Labute approximate surface area is 43.6 Å². The second-order valence-electron chi connectivity index (χ2n) is 1.24. The van der Waals surface area contributed by atoms with Gasteiger partial charge < -0.3 is 16.4 Å². The molecular weight excluding hydrogens is 94.0 g/mol. The van der Waals surface area contributed by atoms with Crippen molar-refractivity contribution in [1.82, 2.24) is 6.15 Å². The van der Waals surface area contributed by atoms with E-state index in [0.29, 0.717) is 6.42 Å². The van der Waals surface area contributed by atoms with E-state index in [0.717, 1.165) is 0 Å². The van der Waals surface area contributed by atoms with Gasteiger partial charge in [0.05, 0.1) is 12.7 Å². The minimum atomic E-state index is -0.509. The fraction of sp³-hybridized carbons (Fsp3) is 1.00. The Balaban J connectivity index is 0. The Bertz CT molecular complexity index is 28.9. The molecule has 0 spiro atoms. The van der Waals surface area contributed by atoms with Crippen LogP contribution in [-0.4, -0.2) is 22.9 Å². The molecule has 3 heteroatoms. The molecule has 0 rings (SSSR count). The predicted octanol–water partition coefficient (Wildman–Crippen LogP) is -0.0884. The monoisotopic (exact) mass is 107 g/mol. The Morgan fingerprint density at radius 1 is 1.57 bits per heavy atom. The number of rotatable bonds is 2. The van der Waals surface area contributed by atoms with Gasteiger partial charge in [0.2, 0.25) is 0 Å². The lowest BCUT2D eigenvalue weighted by Crippen LogP contribution is -2.08. The first-order valence-electron chi connectivity index (χ1n) is 2.10. The van der Waals surface area contributed by atoms with Gasteiger partial charge in [0.25, 0.3) is 0 Å². The zero-order chi connectivity index (χ0) is 4.99. The first-order chi connectivity index (χ1) is 2.81. The molecule has 0 aromatic heterocycles. The van der Waals surface area contributed by atoms with Gasteiger partial charge in [0.1, 0.15) is 0 Å². The summed E-state index contributed by atoms with van der Waals surface area (Å²) in [6.07, 6.45) is 0.126. The van der Waals surface area contributed by atoms with Crippen LogP contribution in [0.1, 0.15) is 13.3 Å². The van der Waals surface area contributed by atoms with Crippen LogP contribution < -0.4 is 6.15 Å². The van der Waals surface area contributed by atoms with Gasteiger partial charge in [-0.05, 0) is 6.42 Å². The molecule has 0 bridgehead atoms. The van der Waals surface area contributed by atoms with E-state index in [4.69, 9.17) is 10.2 Å². The Morgan fingerprint density at radius 2 is 2.00 bits per heavy atom. The van der Waals surface area contributed by atoms with E-state index < -0.39 is 6.10 Å². The van der Waals surface area contributed by atoms with Crippen molar-refractivity contribution in [2.24, 2.45) is 0 Å². The molecule has 0 saturated carbocycles. The molecule has 0 fully saturated rings. The minimum absolute atomic E-state index is 0. The maximum Gasteiger partial charge on any atom is 0.0768 e. The van der Waals surface area contributed by atoms with Crippen LogP contribution >= 0.6 is 0 Å². The highest BCUT2D eigenvalue weighted by atomic mass is 16.3. The van der Waals surface area contributed by atoms with Crippen LogP contribution in [0.3, 0.4) is 0 Å². The summed E-state index contributed by atoms with van der Waals surface area (Å²) in [4.78, 5) is 0. The molecule has 3 nitrogen and oxygen atoms in total. The third kappa shape index (κ3) is 5.88. The number of aliphatic hydroxyl groups excluding tert-OH is 2. The number of hydrogen-bond donors (Lipinski definition) is 3. The molecule has 1 unspecified atom stereocenters. The van der Waals surface area contributed by atoms with E-state index in [1.165, 1.54) is 0 Å². The van der Waals surface area contributed by atoms with E-state index >= 15 is 0 Å². The maximum atomic E-state index is 8.42. The summed E-state index contributed by atoms with van der Waals surface area (Å²) in [6.45, 7) is 1.71. The van der Waals surface area contributed by atoms with Gasteiger partial charge in [-0.1, -0.05) is 6.92 Å². The summed E-state index contributed by atoms with van der Waals surface area (Å²) in [5, 5.41) is 16.5. The van der Waals surface area contributed by atoms with Crippen molar-refractivity contribution in [3.63, 3.8) is 0 Å². The number of aliphatic hydroxyl groups is 2. The van der Waals surface area contributed by atoms with Crippen LogP contribution in [0, 0.1) is 0 Å². The summed E-state index contributed by atoms with van der Waals surface area (Å²) in [6, 6.07) is 0. The molecule has 0 amide bonds. The maximum absolute atomic E-state index is 8.42. The SMILES string of the molecule is CCC(O)CO.N. The van der Waals surface area contributed by atoms with Crippen LogP contribution in [0.4, 0.5) is 0 Å². The van der Waals surface area contributed by atoms with Gasteiger partial charge in [-0.25, -0.2) is 0 Å². The Morgan fingerprint density at radius 3 is 2.00 bits per heavy atom. The third-order valence-electron chi connectivity index (χ3n) is 0.682. The van der Waals surface area contributed by atoms with Crippen molar-refractivity contribution in [3.8, 4) is 0 Å². The molecule has 0 aliphatic heterocycles. The Hall–Kier alpha value is -0.120. The molecule has 0 saturated heterocycles. The average molecular weight is 107 g/mol. The van der Waals surface area contributed by atoms with Gasteiger partial charge >= 0.3 is 0 Å². The molecular formula is C4H13NO2. The normalized spacial score (nSPS) is 12.4. The van der Waals surface area contributed by atoms with Gasteiger partial charge in [-0.15, -0.1) is 0 Å². The predicted molar refractivity (Wildman–Crippen MR) is 28.4 cm³/mol. The standard InChI is InChI=1S/C4H10O2.H3N/c1-2-4(6)3-5;/h4-6H,2-3H2,1H3;1H3. The van der Waals surface area contributed by atoms with Crippen LogP contribution in [0.5, 0.6) is 0 Å². The van der Waals surface area contributed by atoms with Gasteiger partial charge in [-0.3, -0.25) is 0 Å². The minimum Gasteiger partial charge on any atom is -0.394 e. The van der Waals surface area contributed by atoms with Crippen LogP contribution in [0.15, 0.2) is 0 Å². The lowest BCUT2D eigenvalue weighted by molar-refractivity contribution is 0.0923. The van der Waals surface area contributed by atoms with Crippen molar-refractivity contribution >= 4 is 0 Å². The van der Waals surface area contributed by atoms with Gasteiger partial charge in [-0.2, -0.15) is 0 Å². The first kappa shape index (κ1) is 9.99. The molecule has 0 heterocycles. The largest absolute Gasteiger partial charge is 0.394 e. The van der Waals surface area contributed by atoms with Crippen LogP contribution in [0.2, 0.25) is 0 Å². The van der Waals surface area contributed by atoms with Crippen molar-refractivity contribution in [3.05, 3.63) is 0 Å². The lowest BCUT2D eigenvalue weighted by atomic mass is 10.3. The molecule has 0 radical (unpaired) electrons. The molecule has 5 N–H and O–H groups in total. The first-order valence-corrected chi connectivity index (χ1v) is 2.10. The third-order valence-corrected chi connectivity index (χ3v) is 0.682. The van der Waals surface area contributed by atoms with E-state index in [9.17, 15) is 0 Å². The van der Waals surface area contributed by atoms with Crippen molar-refractivity contribution in [2.45, 2.75) is 19.4 Å². The molecule has 0 aliphatic rings. The zero-order valence-corrected chi connectivity index (χ0v) is 4.59. The Kier molecular flexibility index (Phi) is 8.39. The van der Waals surface area contributed by atoms with E-state index in [2.05, 4.69) is 0 Å². The summed E-state index contributed by atoms with van der Waals surface area (Å²) in [7, 11) is 0. The molecule has 0 aliphatic carbocycles. The quantitative estimate of drug-likeness (QED) is 0.461. The van der Waals surface area contributed by atoms with E-state index in [1.54, 1.807) is 0 Å². The smallest absolute Gasteiger partial charge is 0.0768 e. The second-order valence-corrected chi connectivity index (χ2v) is 1.24. The molecule has 46 valence electrons. The summed E-state index contributed by atoms with van der Waals surface area (Å²) in [5.74, 6) is 0. The summed E-state index contributed by atoms with van der Waals surface area (Å²) >= 11 is 0. The average Bonchev–Trinajstić information content (AvgIpc) is 1.65. The summed E-state index contributed by atoms with van der Waals surface area (Å²) in [5.41, 5.74) is 0. The van der Waals surface area contributed by atoms with Gasteiger partial charge in [0, 0.05) is 0 Å². The van der Waals surface area contributed by atoms with Crippen molar-refractivity contribution in [2.75, 3.05) is 6.61 Å². The lowest BCUT2D eigenvalue weighted by Gasteiger charge is -1.97. The molecule has 0 aromatic carbocycles. The highest BCUT2D eigenvalue weighted by Gasteiger charge is 1.92. The number of hydrogen-bond acceptors (Lipinski definition) is 3. The topological polar surface area (TPSA) is 75.5 Å². The highest BCUT2D eigenvalue weighted by Crippen LogP contribution is 1.83. The van der Waals surface area contributed by atoms with E-state index in [-0.39, 0.29) is 12.8 Å². The van der Waals surface area contributed by atoms with Crippen molar-refractivity contribution in [1.29, 1.82) is 0 Å². The van der Waals surface area contributed by atoms with Crippen LogP contribution in [0.25, 0.3) is 0 Å². The zero-order valence-electron chi connectivity index (χ0n) is 4.59. The fourth-order valence-electron chi connectivity index (χ4n) is 0.129. The van der Waals surface area contributed by atoms with Crippen molar-refractivity contribution < 1.29 is 10.2 Å². The van der Waals surface area contributed by atoms with Gasteiger partial charge in [0.15, 0.2) is 0 Å². The fourth-order valence-corrected chi connectivity index (χ4v) is 0.129. The molecule has 1 atom stereocenters. The summed E-state index contributed by atoms with van der Waals surface area (Å²) < 4.78 is 0. The van der Waals surface area contributed by atoms with Crippen LogP contribution in [-0.2, 0) is 0 Å². The molecule has 0 aromatic rings. The molecule has 7 heavy (non-hydrogen) atoms. The second kappa shape index (κ2) is 5.88. The van der Waals surface area contributed by atoms with E-state index in [1.807, 2.05) is 6.92 Å². The highest BCUT2D eigenvalue weighted by molar-refractivity contribution is 4.43.